The summed E-state index contributed by atoms with van der Waals surface area (Å²) >= 11 is 1.60. The largest absolute Gasteiger partial charge is 0.349 e. The van der Waals surface area contributed by atoms with Crippen LogP contribution in [-0.4, -0.2) is 28.8 Å². The maximum absolute atomic E-state index is 12.9. The molecular weight excluding hydrogens is 382 g/mol. The average Bonchev–Trinajstić information content (AvgIpc) is 3.46. The molecule has 1 aromatic heterocycles. The van der Waals surface area contributed by atoms with Gasteiger partial charge in [-0.25, -0.2) is 0 Å². The van der Waals surface area contributed by atoms with E-state index in [-0.39, 0.29) is 29.9 Å². The number of hydrogen-bond donors (Lipinski definition) is 2. The van der Waals surface area contributed by atoms with E-state index in [4.69, 9.17) is 5.73 Å². The van der Waals surface area contributed by atoms with Crippen molar-refractivity contribution in [2.45, 2.75) is 56.8 Å². The summed E-state index contributed by atoms with van der Waals surface area (Å²) in [6.45, 7) is 1.99. The van der Waals surface area contributed by atoms with Gasteiger partial charge in [-0.3, -0.25) is 9.59 Å². The van der Waals surface area contributed by atoms with Gasteiger partial charge in [-0.05, 0) is 41.8 Å². The summed E-state index contributed by atoms with van der Waals surface area (Å²) < 4.78 is 0. The number of benzene rings is 1. The van der Waals surface area contributed by atoms with E-state index in [9.17, 15) is 9.59 Å². The van der Waals surface area contributed by atoms with Crippen LogP contribution in [0.1, 0.15) is 54.3 Å². The fraction of sp³-hybridized carbons (Fsp3) is 0.391. The van der Waals surface area contributed by atoms with Crippen molar-refractivity contribution in [3.63, 3.8) is 0 Å². The van der Waals surface area contributed by atoms with E-state index in [1.165, 1.54) is 11.1 Å². The third-order valence-corrected chi connectivity index (χ3v) is 6.83. The molecule has 2 aromatic rings. The summed E-state index contributed by atoms with van der Waals surface area (Å²) in [4.78, 5) is 28.5. The fourth-order valence-corrected chi connectivity index (χ4v) is 5.21. The van der Waals surface area contributed by atoms with Gasteiger partial charge in [0.1, 0.15) is 0 Å². The molecule has 0 saturated carbocycles. The minimum atomic E-state index is -0.587. The van der Waals surface area contributed by atoms with Crippen LogP contribution in [0.15, 0.2) is 53.9 Å². The molecule has 1 aromatic carbocycles. The van der Waals surface area contributed by atoms with Crippen molar-refractivity contribution < 1.29 is 9.59 Å². The highest BCUT2D eigenvalue weighted by Gasteiger charge is 2.45. The zero-order valence-electron chi connectivity index (χ0n) is 16.6. The molecular formula is C23H27N3O2S. The summed E-state index contributed by atoms with van der Waals surface area (Å²) in [5.74, 6) is -0.166. The minimum Gasteiger partial charge on any atom is -0.349 e. The molecule has 0 spiro atoms. The number of amides is 2. The Kier molecular flexibility index (Phi) is 5.83. The molecule has 0 unspecified atom stereocenters. The lowest BCUT2D eigenvalue weighted by Crippen LogP contribution is -2.45. The van der Waals surface area contributed by atoms with Crippen molar-refractivity contribution in [3.05, 3.63) is 69.9 Å². The first-order valence-corrected chi connectivity index (χ1v) is 11.1. The van der Waals surface area contributed by atoms with Crippen molar-refractivity contribution in [2.24, 2.45) is 5.73 Å². The van der Waals surface area contributed by atoms with E-state index in [1.807, 2.05) is 41.5 Å². The molecule has 1 saturated heterocycles. The molecule has 0 radical (unpaired) electrons. The molecule has 2 aliphatic heterocycles. The summed E-state index contributed by atoms with van der Waals surface area (Å²) in [7, 11) is 0. The number of hydrogen-bond acceptors (Lipinski definition) is 4. The second-order valence-corrected chi connectivity index (χ2v) is 8.79. The minimum absolute atomic E-state index is 0.0179. The fourth-order valence-electron chi connectivity index (χ4n) is 4.45. The standard InChI is InChI=1S/C23H27N3O2S/c1-2-15(25-23(28)19(24)14-16-6-5-13-29-16)9-12-22(27)26-20-10-11-21(26)18-8-4-3-7-17(18)20/h3-9,12-13,15,19-21H,2,10-11,14,24H2,1H3,(H,25,28)/b12-9+/t15-,19-,20-,21+/m0/s1. The molecule has 2 amide bonds. The van der Waals surface area contributed by atoms with E-state index in [2.05, 4.69) is 17.4 Å². The van der Waals surface area contributed by atoms with Crippen molar-refractivity contribution in [1.82, 2.24) is 10.2 Å². The molecule has 5 nitrogen and oxygen atoms in total. The summed E-state index contributed by atoms with van der Waals surface area (Å²) in [6.07, 6.45) is 6.70. The Balaban J connectivity index is 1.36. The van der Waals surface area contributed by atoms with Gasteiger partial charge >= 0.3 is 0 Å². The van der Waals surface area contributed by atoms with Crippen molar-refractivity contribution in [1.29, 1.82) is 0 Å². The Hall–Kier alpha value is -2.44. The van der Waals surface area contributed by atoms with Gasteiger partial charge in [-0.15, -0.1) is 11.3 Å². The third kappa shape index (κ3) is 4.00. The molecule has 3 N–H and O–H groups in total. The van der Waals surface area contributed by atoms with E-state index in [0.717, 1.165) is 17.7 Å². The van der Waals surface area contributed by atoms with Gasteiger partial charge in [0.25, 0.3) is 0 Å². The predicted octanol–water partition coefficient (Wildman–Crippen LogP) is 3.49. The number of thiophene rings is 1. The number of nitrogens with one attached hydrogen (secondary N) is 1. The molecule has 4 atom stereocenters. The van der Waals surface area contributed by atoms with Crippen LogP contribution >= 0.6 is 11.3 Å². The predicted molar refractivity (Wildman–Crippen MR) is 115 cm³/mol. The maximum atomic E-state index is 12.9. The summed E-state index contributed by atoms with van der Waals surface area (Å²) in [5, 5.41) is 4.94. The lowest BCUT2D eigenvalue weighted by molar-refractivity contribution is -0.128. The number of carbonyl (C=O) groups is 2. The highest BCUT2D eigenvalue weighted by atomic mass is 32.1. The van der Waals surface area contributed by atoms with Gasteiger partial charge in [0.15, 0.2) is 0 Å². The molecule has 2 bridgehead atoms. The second-order valence-electron chi connectivity index (χ2n) is 7.76. The van der Waals surface area contributed by atoms with Crippen LogP contribution in [0.2, 0.25) is 0 Å². The Morgan fingerprint density at radius 2 is 1.90 bits per heavy atom. The Morgan fingerprint density at radius 1 is 1.21 bits per heavy atom. The first-order valence-electron chi connectivity index (χ1n) is 10.3. The molecule has 6 heteroatoms. The number of carbonyl (C=O) groups excluding carboxylic acids is 2. The number of nitrogens with zero attached hydrogens (tertiary/aromatic N) is 1. The zero-order valence-corrected chi connectivity index (χ0v) is 17.4. The normalized spacial score (nSPS) is 21.9. The second kappa shape index (κ2) is 8.51. The van der Waals surface area contributed by atoms with E-state index in [1.54, 1.807) is 23.5 Å². The summed E-state index contributed by atoms with van der Waals surface area (Å²) in [5.41, 5.74) is 8.62. The van der Waals surface area contributed by atoms with Gasteiger partial charge in [0, 0.05) is 23.4 Å². The molecule has 4 rings (SSSR count). The average molecular weight is 410 g/mol. The van der Waals surface area contributed by atoms with E-state index in [0.29, 0.717) is 12.8 Å². The molecule has 0 aliphatic carbocycles. The molecule has 1 fully saturated rings. The third-order valence-electron chi connectivity index (χ3n) is 5.93. The molecule has 2 aliphatic rings. The van der Waals surface area contributed by atoms with Crippen molar-refractivity contribution in [3.8, 4) is 0 Å². The van der Waals surface area contributed by atoms with Crippen molar-refractivity contribution >= 4 is 23.2 Å². The number of nitrogens with two attached hydrogens (primary N) is 1. The molecule has 152 valence electrons. The Morgan fingerprint density at radius 3 is 2.48 bits per heavy atom. The quantitative estimate of drug-likeness (QED) is 0.688. The van der Waals surface area contributed by atoms with Gasteiger partial charge < -0.3 is 16.0 Å². The SMILES string of the molecule is CC[C@@H](/C=C/C(=O)N1[C@@H]2CC[C@H]1c1ccccc12)NC(=O)[C@@H](N)Cc1cccs1. The van der Waals surface area contributed by atoms with Gasteiger partial charge in [-0.2, -0.15) is 0 Å². The lowest BCUT2D eigenvalue weighted by Gasteiger charge is -2.21. The van der Waals surface area contributed by atoms with Gasteiger partial charge in [-0.1, -0.05) is 43.3 Å². The number of rotatable bonds is 7. The smallest absolute Gasteiger partial charge is 0.247 e. The summed E-state index contributed by atoms with van der Waals surface area (Å²) in [6, 6.07) is 11.9. The van der Waals surface area contributed by atoms with Crippen LogP contribution in [0.5, 0.6) is 0 Å². The molecule has 3 heterocycles. The highest BCUT2D eigenvalue weighted by Crippen LogP contribution is 2.52. The van der Waals surface area contributed by atoms with Gasteiger partial charge in [0.05, 0.1) is 18.1 Å². The van der Waals surface area contributed by atoms with Crippen LogP contribution in [0.25, 0.3) is 0 Å². The van der Waals surface area contributed by atoms with Crippen LogP contribution in [0.4, 0.5) is 0 Å². The van der Waals surface area contributed by atoms with Crippen molar-refractivity contribution in [2.75, 3.05) is 0 Å². The van der Waals surface area contributed by atoms with Crippen LogP contribution in [0.3, 0.4) is 0 Å². The number of fused-ring (bicyclic) bond motifs is 5. The van der Waals surface area contributed by atoms with E-state index < -0.39 is 6.04 Å². The Bertz CT molecular complexity index is 878. The topological polar surface area (TPSA) is 75.4 Å². The van der Waals surface area contributed by atoms with Crippen LogP contribution in [-0.2, 0) is 16.0 Å². The Labute approximate surface area is 175 Å². The highest BCUT2D eigenvalue weighted by molar-refractivity contribution is 7.09. The van der Waals surface area contributed by atoms with Crippen LogP contribution < -0.4 is 11.1 Å². The monoisotopic (exact) mass is 409 g/mol. The maximum Gasteiger partial charge on any atom is 0.247 e. The lowest BCUT2D eigenvalue weighted by atomic mass is 9.92. The van der Waals surface area contributed by atoms with Gasteiger partial charge in [0.2, 0.25) is 11.8 Å². The zero-order chi connectivity index (χ0) is 20.4. The van der Waals surface area contributed by atoms with E-state index >= 15 is 0 Å². The molecule has 29 heavy (non-hydrogen) atoms. The van der Waals surface area contributed by atoms with Crippen LogP contribution in [0, 0.1) is 0 Å². The first-order chi connectivity index (χ1) is 14.1. The first kappa shape index (κ1) is 19.9.